The van der Waals surface area contributed by atoms with Gasteiger partial charge in [-0.1, -0.05) is 6.92 Å². The highest BCUT2D eigenvalue weighted by Gasteiger charge is 2.28. The molecule has 0 spiro atoms. The van der Waals surface area contributed by atoms with Gasteiger partial charge in [0.15, 0.2) is 0 Å². The minimum atomic E-state index is 0.0520. The maximum Gasteiger partial charge on any atom is 0.132 e. The Balaban J connectivity index is 1.76. The first-order valence-electron chi connectivity index (χ1n) is 7.30. The minimum Gasteiger partial charge on any atom is -0.376 e. The Morgan fingerprint density at radius 2 is 2.37 bits per heavy atom. The first-order chi connectivity index (χ1) is 9.38. The van der Waals surface area contributed by atoms with Gasteiger partial charge in [-0.2, -0.15) is 0 Å². The second-order valence-corrected chi connectivity index (χ2v) is 6.26. The molecule has 1 aromatic rings. The number of rotatable bonds is 4. The third-order valence-corrected chi connectivity index (χ3v) is 5.00. The van der Waals surface area contributed by atoms with E-state index in [-0.39, 0.29) is 6.10 Å². The molecule has 1 aliphatic heterocycles. The fraction of sp³-hybridized carbons (Fsp3) is 0.786. The van der Waals surface area contributed by atoms with Crippen LogP contribution in [0.2, 0.25) is 0 Å². The van der Waals surface area contributed by atoms with E-state index in [9.17, 15) is 0 Å². The molecule has 19 heavy (non-hydrogen) atoms. The molecule has 0 radical (unpaired) electrons. The van der Waals surface area contributed by atoms with Crippen molar-refractivity contribution in [2.24, 2.45) is 0 Å². The molecule has 2 aliphatic rings. The normalized spacial score (nSPS) is 27.2. The van der Waals surface area contributed by atoms with Crippen LogP contribution >= 0.6 is 11.3 Å². The van der Waals surface area contributed by atoms with Crippen LogP contribution in [0.25, 0.3) is 0 Å². The van der Waals surface area contributed by atoms with E-state index < -0.39 is 0 Å². The van der Waals surface area contributed by atoms with E-state index in [0.29, 0.717) is 25.9 Å². The summed E-state index contributed by atoms with van der Waals surface area (Å²) in [4.78, 5) is 6.24. The van der Waals surface area contributed by atoms with Gasteiger partial charge in [0, 0.05) is 10.9 Å². The summed E-state index contributed by atoms with van der Waals surface area (Å²) in [5, 5.41) is 4.75. The maximum atomic E-state index is 5.76. The Labute approximate surface area is 118 Å². The molecule has 0 saturated carbocycles. The molecule has 2 atom stereocenters. The molecule has 1 fully saturated rings. The summed E-state index contributed by atoms with van der Waals surface area (Å²) in [6.45, 7) is 5.34. The van der Waals surface area contributed by atoms with E-state index in [1.807, 2.05) is 11.3 Å². The zero-order valence-electron chi connectivity index (χ0n) is 11.5. The first kappa shape index (κ1) is 13.5. The molecule has 2 heterocycles. The second kappa shape index (κ2) is 6.31. The molecule has 106 valence electrons. The summed E-state index contributed by atoms with van der Waals surface area (Å²) in [6, 6.07) is 0.499. The van der Waals surface area contributed by atoms with Gasteiger partial charge in [0.05, 0.1) is 25.5 Å². The average molecular weight is 282 g/mol. The molecule has 4 nitrogen and oxygen atoms in total. The Kier molecular flexibility index (Phi) is 4.48. The molecule has 1 saturated heterocycles. The summed E-state index contributed by atoms with van der Waals surface area (Å²) < 4.78 is 11.2. The molecule has 2 unspecified atom stereocenters. The fourth-order valence-electron chi connectivity index (χ4n) is 2.72. The van der Waals surface area contributed by atoms with Crippen molar-refractivity contribution in [2.45, 2.75) is 44.8 Å². The number of aromatic nitrogens is 1. The topological polar surface area (TPSA) is 43.4 Å². The summed E-state index contributed by atoms with van der Waals surface area (Å²) >= 11 is 1.82. The van der Waals surface area contributed by atoms with Crippen LogP contribution in [0.4, 0.5) is 0 Å². The molecular formula is C14H22N2O2S. The maximum absolute atomic E-state index is 5.76. The van der Waals surface area contributed by atoms with Crippen molar-refractivity contribution in [3.63, 3.8) is 0 Å². The number of fused-ring (bicyclic) bond motifs is 1. The Morgan fingerprint density at radius 3 is 3.16 bits per heavy atom. The van der Waals surface area contributed by atoms with Gasteiger partial charge in [-0.25, -0.2) is 4.98 Å². The molecule has 1 aromatic heterocycles. The summed E-state index contributed by atoms with van der Waals surface area (Å²) in [5.74, 6) is 0. The molecule has 0 aromatic carbocycles. The van der Waals surface area contributed by atoms with Crippen LogP contribution in [-0.2, 0) is 15.9 Å². The number of hydrogen-bond donors (Lipinski definition) is 1. The van der Waals surface area contributed by atoms with Crippen molar-refractivity contribution < 1.29 is 9.47 Å². The number of nitrogens with zero attached hydrogens (tertiary/aromatic N) is 1. The third kappa shape index (κ3) is 2.99. The van der Waals surface area contributed by atoms with Gasteiger partial charge in [-0.15, -0.1) is 11.3 Å². The lowest BCUT2D eigenvalue weighted by molar-refractivity contribution is -0.0902. The molecule has 3 rings (SSSR count). The lowest BCUT2D eigenvalue weighted by atomic mass is 9.98. The lowest BCUT2D eigenvalue weighted by Crippen LogP contribution is -2.24. The van der Waals surface area contributed by atoms with Crippen molar-refractivity contribution >= 4 is 11.3 Å². The van der Waals surface area contributed by atoms with Crippen LogP contribution in [0.15, 0.2) is 0 Å². The van der Waals surface area contributed by atoms with E-state index in [4.69, 9.17) is 14.5 Å². The number of aryl methyl sites for hydroxylation is 1. The first-order valence-corrected chi connectivity index (χ1v) is 8.12. The molecule has 5 heteroatoms. The predicted octanol–water partition coefficient (Wildman–Crippen LogP) is 2.61. The van der Waals surface area contributed by atoms with Crippen LogP contribution in [0, 0.1) is 0 Å². The Morgan fingerprint density at radius 1 is 1.42 bits per heavy atom. The monoisotopic (exact) mass is 282 g/mol. The van der Waals surface area contributed by atoms with Crippen LogP contribution < -0.4 is 5.32 Å². The zero-order chi connectivity index (χ0) is 13.1. The van der Waals surface area contributed by atoms with Crippen LogP contribution in [-0.4, -0.2) is 31.3 Å². The molecule has 1 aliphatic carbocycles. The van der Waals surface area contributed by atoms with E-state index in [1.165, 1.54) is 29.8 Å². The van der Waals surface area contributed by atoms with Gasteiger partial charge in [0.25, 0.3) is 0 Å². The number of ether oxygens (including phenoxy) is 2. The van der Waals surface area contributed by atoms with Crippen LogP contribution in [0.3, 0.4) is 0 Å². The van der Waals surface area contributed by atoms with E-state index in [2.05, 4.69) is 12.2 Å². The van der Waals surface area contributed by atoms with Crippen molar-refractivity contribution in [1.29, 1.82) is 0 Å². The number of nitrogens with one attached hydrogen (secondary N) is 1. The standard InChI is InChI=1S/C14H22N2O2S/c1-2-6-15-10-4-3-5-11-13(10)19-14(16-11)12-9-17-7-8-18-12/h10,12,15H,2-9H2,1H3. The summed E-state index contributed by atoms with van der Waals surface area (Å²) in [5.41, 5.74) is 1.29. The van der Waals surface area contributed by atoms with Crippen molar-refractivity contribution in [2.75, 3.05) is 26.4 Å². The summed E-state index contributed by atoms with van der Waals surface area (Å²) in [7, 11) is 0. The fourth-order valence-corrected chi connectivity index (χ4v) is 3.98. The van der Waals surface area contributed by atoms with Gasteiger partial charge < -0.3 is 14.8 Å². The third-order valence-electron chi connectivity index (χ3n) is 3.70. The van der Waals surface area contributed by atoms with E-state index in [1.54, 1.807) is 0 Å². The zero-order valence-corrected chi connectivity index (χ0v) is 12.3. The van der Waals surface area contributed by atoms with Crippen LogP contribution in [0.5, 0.6) is 0 Å². The predicted molar refractivity (Wildman–Crippen MR) is 75.6 cm³/mol. The van der Waals surface area contributed by atoms with E-state index in [0.717, 1.165) is 18.0 Å². The highest BCUT2D eigenvalue weighted by atomic mass is 32.1. The second-order valence-electron chi connectivity index (χ2n) is 5.20. The van der Waals surface area contributed by atoms with Gasteiger partial charge in [-0.05, 0) is 32.2 Å². The quantitative estimate of drug-likeness (QED) is 0.922. The highest BCUT2D eigenvalue weighted by molar-refractivity contribution is 7.11. The van der Waals surface area contributed by atoms with Gasteiger partial charge >= 0.3 is 0 Å². The lowest BCUT2D eigenvalue weighted by Gasteiger charge is -2.22. The van der Waals surface area contributed by atoms with E-state index >= 15 is 0 Å². The molecule has 1 N–H and O–H groups in total. The molecular weight excluding hydrogens is 260 g/mol. The Bertz CT molecular complexity index is 416. The van der Waals surface area contributed by atoms with Gasteiger partial charge in [0.2, 0.25) is 0 Å². The number of hydrogen-bond acceptors (Lipinski definition) is 5. The number of thiazole rings is 1. The van der Waals surface area contributed by atoms with Crippen molar-refractivity contribution in [1.82, 2.24) is 10.3 Å². The minimum absolute atomic E-state index is 0.0520. The van der Waals surface area contributed by atoms with Crippen molar-refractivity contribution in [3.05, 3.63) is 15.6 Å². The Hall–Kier alpha value is -0.490. The van der Waals surface area contributed by atoms with Gasteiger partial charge in [-0.3, -0.25) is 0 Å². The largest absolute Gasteiger partial charge is 0.376 e. The summed E-state index contributed by atoms with van der Waals surface area (Å²) in [6.07, 6.45) is 4.81. The van der Waals surface area contributed by atoms with Crippen LogP contribution in [0.1, 0.15) is 53.9 Å². The highest BCUT2D eigenvalue weighted by Crippen LogP contribution is 2.37. The smallest absolute Gasteiger partial charge is 0.132 e. The van der Waals surface area contributed by atoms with Crippen molar-refractivity contribution in [3.8, 4) is 0 Å². The van der Waals surface area contributed by atoms with Gasteiger partial charge in [0.1, 0.15) is 11.1 Å². The SMILES string of the molecule is CCCNC1CCCc2nc(C3COCCO3)sc21. The molecule has 0 bridgehead atoms. The average Bonchev–Trinajstić information content (AvgIpc) is 2.90. The molecule has 0 amide bonds.